The molecule has 0 aromatic carbocycles. The maximum atomic E-state index is 14.2. The number of nitrogens with zero attached hydrogens (tertiary/aromatic N) is 4. The van der Waals surface area contributed by atoms with Crippen molar-refractivity contribution in [2.45, 2.75) is 50.4 Å². The van der Waals surface area contributed by atoms with E-state index in [2.05, 4.69) is 24.8 Å². The summed E-state index contributed by atoms with van der Waals surface area (Å²) in [6.07, 6.45) is 2.14. The van der Waals surface area contributed by atoms with Crippen LogP contribution in [0.15, 0.2) is 23.5 Å². The van der Waals surface area contributed by atoms with Gasteiger partial charge in [0.25, 0.3) is 0 Å². The summed E-state index contributed by atoms with van der Waals surface area (Å²) in [7, 11) is -4.79. The van der Waals surface area contributed by atoms with E-state index in [0.29, 0.717) is 22.9 Å². The van der Waals surface area contributed by atoms with Gasteiger partial charge in [0, 0.05) is 6.20 Å². The summed E-state index contributed by atoms with van der Waals surface area (Å²) < 4.78 is 31.7. The Hall–Kier alpha value is -1.93. The fourth-order valence-corrected chi connectivity index (χ4v) is 5.24. The molecule has 1 unspecified atom stereocenters. The van der Waals surface area contributed by atoms with Gasteiger partial charge in [0.1, 0.15) is 17.2 Å². The lowest BCUT2D eigenvalue weighted by molar-refractivity contribution is 0.154. The van der Waals surface area contributed by atoms with Gasteiger partial charge in [-0.15, -0.1) is 0 Å². The van der Waals surface area contributed by atoms with Gasteiger partial charge in [-0.25, -0.2) is 18.9 Å². The Kier molecular flexibility index (Phi) is 8.79. The van der Waals surface area contributed by atoms with Gasteiger partial charge in [-0.3, -0.25) is 19.5 Å². The van der Waals surface area contributed by atoms with Gasteiger partial charge in [-0.05, 0) is 31.4 Å². The SMILES string of the molecule is CC(C)C[C@H](CO)Nc1nc(SC(C)c2ncccc2F)nc2c1sc(=N)n2COP(=O)(O)O. The van der Waals surface area contributed by atoms with Gasteiger partial charge < -0.3 is 20.2 Å². The second-order valence-electron chi connectivity index (χ2n) is 7.88. The second-order valence-corrected chi connectivity index (χ2v) is 11.4. The van der Waals surface area contributed by atoms with E-state index in [1.54, 1.807) is 6.92 Å². The number of pyridine rings is 1. The van der Waals surface area contributed by atoms with Gasteiger partial charge in [0.15, 0.2) is 21.4 Å². The first-order chi connectivity index (χ1) is 16.0. The molecule has 34 heavy (non-hydrogen) atoms. The highest BCUT2D eigenvalue weighted by Gasteiger charge is 2.22. The molecular formula is C19H26FN6O5PS2. The van der Waals surface area contributed by atoms with E-state index in [1.807, 2.05) is 13.8 Å². The number of thiazole rings is 1. The van der Waals surface area contributed by atoms with Crippen molar-refractivity contribution in [2.24, 2.45) is 5.92 Å². The number of halogens is 1. The first kappa shape index (κ1) is 26.7. The van der Waals surface area contributed by atoms with E-state index in [-0.39, 0.29) is 33.9 Å². The summed E-state index contributed by atoms with van der Waals surface area (Å²) in [4.78, 5) is 31.2. The Labute approximate surface area is 203 Å². The number of phosphoric ester groups is 1. The highest BCUT2D eigenvalue weighted by atomic mass is 32.2. The van der Waals surface area contributed by atoms with Crippen LogP contribution in [0.3, 0.4) is 0 Å². The number of nitrogens with one attached hydrogen (secondary N) is 2. The molecule has 3 aromatic rings. The molecule has 0 amide bonds. The van der Waals surface area contributed by atoms with Crippen molar-refractivity contribution < 1.29 is 28.4 Å². The summed E-state index contributed by atoms with van der Waals surface area (Å²) in [5, 5.41) is 21.1. The lowest BCUT2D eigenvalue weighted by Gasteiger charge is -2.20. The van der Waals surface area contributed by atoms with Crippen molar-refractivity contribution in [1.82, 2.24) is 19.5 Å². The number of fused-ring (bicyclic) bond motifs is 1. The Morgan fingerprint density at radius 1 is 1.35 bits per heavy atom. The van der Waals surface area contributed by atoms with Crippen LogP contribution in [0.4, 0.5) is 10.2 Å². The topological polar surface area (TPSA) is 166 Å². The van der Waals surface area contributed by atoms with Crippen molar-refractivity contribution in [3.8, 4) is 0 Å². The van der Waals surface area contributed by atoms with Gasteiger partial charge in [0.05, 0.1) is 23.6 Å². The molecule has 0 aliphatic heterocycles. The molecule has 0 fully saturated rings. The first-order valence-corrected chi connectivity index (χ1v) is 13.5. The van der Waals surface area contributed by atoms with Crippen LogP contribution in [0.5, 0.6) is 0 Å². The van der Waals surface area contributed by atoms with Gasteiger partial charge >= 0.3 is 7.82 Å². The highest BCUT2D eigenvalue weighted by Crippen LogP contribution is 2.38. The van der Waals surface area contributed by atoms with Crippen LogP contribution in [-0.2, 0) is 15.8 Å². The number of rotatable bonds is 11. The highest BCUT2D eigenvalue weighted by molar-refractivity contribution is 7.99. The normalized spacial score (nSPS) is 14.0. The van der Waals surface area contributed by atoms with Gasteiger partial charge in [-0.1, -0.05) is 36.9 Å². The molecule has 0 radical (unpaired) electrons. The van der Waals surface area contributed by atoms with E-state index in [0.717, 1.165) is 23.1 Å². The third-order valence-electron chi connectivity index (χ3n) is 4.65. The molecule has 15 heteroatoms. The second kappa shape index (κ2) is 11.2. The standard InChI is InChI=1S/C19H26FN6O5PS2/c1-10(2)7-12(8-27)23-16-15-17(26(18(21)34-15)9-31-32(28,29)30)25-19(24-16)33-11(3)14-13(20)5-4-6-22-14/h4-6,10-12,21,27H,7-9H2,1-3H3,(H,23,24,25)(H2,28,29,30)/t11?,12-/m1/s1. The Bertz CT molecular complexity index is 1250. The van der Waals surface area contributed by atoms with Crippen LogP contribution in [0.1, 0.15) is 38.1 Å². The van der Waals surface area contributed by atoms with E-state index in [1.165, 1.54) is 22.9 Å². The van der Waals surface area contributed by atoms with Crippen LogP contribution >= 0.6 is 30.9 Å². The van der Waals surface area contributed by atoms with E-state index in [9.17, 15) is 14.1 Å². The van der Waals surface area contributed by atoms with Crippen LogP contribution in [0.25, 0.3) is 10.3 Å². The average Bonchev–Trinajstić information content (AvgIpc) is 3.06. The molecule has 11 nitrogen and oxygen atoms in total. The lowest BCUT2D eigenvalue weighted by Crippen LogP contribution is -2.26. The van der Waals surface area contributed by atoms with Crippen molar-refractivity contribution in [2.75, 3.05) is 11.9 Å². The van der Waals surface area contributed by atoms with Crippen molar-refractivity contribution in [1.29, 1.82) is 5.41 Å². The van der Waals surface area contributed by atoms with Crippen LogP contribution in [0, 0.1) is 17.1 Å². The molecule has 3 aromatic heterocycles. The monoisotopic (exact) mass is 532 g/mol. The third-order valence-corrected chi connectivity index (χ3v) is 7.07. The molecular weight excluding hydrogens is 506 g/mol. The van der Waals surface area contributed by atoms with Crippen LogP contribution < -0.4 is 10.1 Å². The number of hydrogen-bond acceptors (Lipinski definition) is 10. The third kappa shape index (κ3) is 6.81. The number of hydrogen-bond donors (Lipinski definition) is 5. The minimum absolute atomic E-state index is 0.0591. The smallest absolute Gasteiger partial charge is 0.394 e. The molecule has 0 aliphatic rings. The number of aliphatic hydroxyl groups excluding tert-OH is 1. The number of thioether (sulfide) groups is 1. The van der Waals surface area contributed by atoms with E-state index >= 15 is 0 Å². The predicted molar refractivity (Wildman–Crippen MR) is 127 cm³/mol. The van der Waals surface area contributed by atoms with Crippen LogP contribution in [0.2, 0.25) is 0 Å². The average molecular weight is 533 g/mol. The molecule has 3 rings (SSSR count). The fraction of sp³-hybridized carbons (Fsp3) is 0.474. The van der Waals surface area contributed by atoms with E-state index in [4.69, 9.17) is 15.2 Å². The maximum Gasteiger partial charge on any atom is 0.471 e. The zero-order chi connectivity index (χ0) is 25.0. The summed E-state index contributed by atoms with van der Waals surface area (Å²) in [5.74, 6) is 0.183. The van der Waals surface area contributed by atoms with Gasteiger partial charge in [-0.2, -0.15) is 0 Å². The van der Waals surface area contributed by atoms with Crippen LogP contribution in [-0.4, -0.2) is 47.1 Å². The van der Waals surface area contributed by atoms with Crippen molar-refractivity contribution >= 4 is 47.1 Å². The minimum atomic E-state index is -4.79. The Morgan fingerprint density at radius 2 is 2.09 bits per heavy atom. The summed E-state index contributed by atoms with van der Waals surface area (Å²) in [5.41, 5.74) is 0.446. The number of phosphoric acid groups is 1. The summed E-state index contributed by atoms with van der Waals surface area (Å²) >= 11 is 2.14. The predicted octanol–water partition coefficient (Wildman–Crippen LogP) is 3.25. The Balaban J connectivity index is 2.06. The fourth-order valence-electron chi connectivity index (χ4n) is 3.20. The molecule has 2 atom stereocenters. The first-order valence-electron chi connectivity index (χ1n) is 10.3. The number of aromatic nitrogens is 4. The zero-order valence-corrected chi connectivity index (χ0v) is 21.2. The Morgan fingerprint density at radius 3 is 2.71 bits per heavy atom. The minimum Gasteiger partial charge on any atom is -0.394 e. The summed E-state index contributed by atoms with van der Waals surface area (Å²) in [6.45, 7) is 5.04. The lowest BCUT2D eigenvalue weighted by atomic mass is 10.0. The summed E-state index contributed by atoms with van der Waals surface area (Å²) in [6, 6.07) is 2.49. The molecule has 0 aliphatic carbocycles. The maximum absolute atomic E-state index is 14.2. The molecule has 0 bridgehead atoms. The zero-order valence-electron chi connectivity index (χ0n) is 18.7. The molecule has 5 N–H and O–H groups in total. The largest absolute Gasteiger partial charge is 0.471 e. The molecule has 0 spiro atoms. The molecule has 186 valence electrons. The van der Waals surface area contributed by atoms with E-state index < -0.39 is 25.6 Å². The quantitative estimate of drug-likeness (QED) is 0.141. The molecule has 0 saturated heterocycles. The number of anilines is 1. The molecule has 0 saturated carbocycles. The van der Waals surface area contributed by atoms with Crippen molar-refractivity contribution in [3.05, 3.63) is 34.6 Å². The molecule has 3 heterocycles. The number of aliphatic hydroxyl groups is 1. The van der Waals surface area contributed by atoms with Crippen molar-refractivity contribution in [3.63, 3.8) is 0 Å². The van der Waals surface area contributed by atoms with Gasteiger partial charge in [0.2, 0.25) is 0 Å².